The van der Waals surface area contributed by atoms with Crippen LogP contribution in [0.4, 0.5) is 0 Å². The van der Waals surface area contributed by atoms with E-state index in [1.165, 1.54) is 6.92 Å². The van der Waals surface area contributed by atoms with E-state index in [1.54, 1.807) is 12.0 Å². The van der Waals surface area contributed by atoms with Crippen LogP contribution in [0, 0.1) is 0 Å². The van der Waals surface area contributed by atoms with Gasteiger partial charge in [0.15, 0.2) is 0 Å². The van der Waals surface area contributed by atoms with Crippen molar-refractivity contribution in [3.63, 3.8) is 0 Å². The van der Waals surface area contributed by atoms with Gasteiger partial charge in [-0.3, -0.25) is 14.5 Å². The van der Waals surface area contributed by atoms with E-state index in [4.69, 9.17) is 9.47 Å². The summed E-state index contributed by atoms with van der Waals surface area (Å²) in [6.45, 7) is 6.65. The third-order valence-corrected chi connectivity index (χ3v) is 4.44. The fourth-order valence-corrected chi connectivity index (χ4v) is 2.84. The first-order chi connectivity index (χ1) is 12.6. The van der Waals surface area contributed by atoms with Crippen LogP contribution in [-0.2, 0) is 20.7 Å². The van der Waals surface area contributed by atoms with Crippen LogP contribution < -0.4 is 10.1 Å². The lowest BCUT2D eigenvalue weighted by atomic mass is 10.1. The molecule has 0 saturated carbocycles. The molecule has 0 spiro atoms. The Bertz CT molecular complexity index is 588. The Morgan fingerprint density at radius 3 is 2.77 bits per heavy atom. The number of hydrogen-bond acceptors (Lipinski definition) is 5. The lowest BCUT2D eigenvalue weighted by molar-refractivity contribution is -0.134. The first-order valence-corrected chi connectivity index (χ1v) is 9.03. The van der Waals surface area contributed by atoms with Gasteiger partial charge in [0, 0.05) is 39.6 Å². The predicted octanol–water partition coefficient (Wildman–Crippen LogP) is 0.535. The zero-order chi connectivity index (χ0) is 18.8. The summed E-state index contributed by atoms with van der Waals surface area (Å²) in [5.41, 5.74) is 1.10. The number of benzene rings is 1. The molecule has 1 heterocycles. The Morgan fingerprint density at radius 2 is 2.08 bits per heavy atom. The molecule has 0 aliphatic carbocycles. The smallest absolute Gasteiger partial charge is 0.239 e. The van der Waals surface area contributed by atoms with Crippen LogP contribution in [-0.4, -0.2) is 81.2 Å². The average Bonchev–Trinajstić information content (AvgIpc) is 2.66. The molecule has 1 aromatic rings. The largest absolute Gasteiger partial charge is 0.497 e. The molecule has 0 atom stereocenters. The van der Waals surface area contributed by atoms with Gasteiger partial charge in [0.1, 0.15) is 5.75 Å². The van der Waals surface area contributed by atoms with Crippen LogP contribution in [0.5, 0.6) is 5.75 Å². The van der Waals surface area contributed by atoms with Gasteiger partial charge in [-0.05, 0) is 24.1 Å². The first kappa shape index (κ1) is 20.2. The molecular formula is C19H29N3O4. The highest BCUT2D eigenvalue weighted by molar-refractivity contribution is 5.83. The summed E-state index contributed by atoms with van der Waals surface area (Å²) in [6, 6.07) is 7.77. The van der Waals surface area contributed by atoms with Gasteiger partial charge in [-0.25, -0.2) is 0 Å². The molecule has 7 nitrogen and oxygen atoms in total. The zero-order valence-corrected chi connectivity index (χ0v) is 15.7. The number of amides is 2. The van der Waals surface area contributed by atoms with E-state index in [9.17, 15) is 9.59 Å². The molecule has 2 rings (SSSR count). The fraction of sp³-hybridized carbons (Fsp3) is 0.579. The van der Waals surface area contributed by atoms with Crippen molar-refractivity contribution in [3.05, 3.63) is 29.8 Å². The van der Waals surface area contributed by atoms with Gasteiger partial charge in [0.2, 0.25) is 11.8 Å². The van der Waals surface area contributed by atoms with Gasteiger partial charge >= 0.3 is 0 Å². The number of nitrogens with zero attached hydrogens (tertiary/aromatic N) is 2. The molecule has 144 valence electrons. The van der Waals surface area contributed by atoms with Crippen LogP contribution >= 0.6 is 0 Å². The Kier molecular flexibility index (Phi) is 8.37. The van der Waals surface area contributed by atoms with Crippen LogP contribution in [0.15, 0.2) is 24.3 Å². The summed E-state index contributed by atoms with van der Waals surface area (Å²) in [5, 5.41) is 2.88. The lowest BCUT2D eigenvalue weighted by Gasteiger charge is -2.29. The SMILES string of the molecule is COc1cccc(CCNC(=O)CN(CCN2CCOCC2)C(C)=O)c1. The molecule has 7 heteroatoms. The number of rotatable bonds is 9. The van der Waals surface area contributed by atoms with Crippen LogP contribution in [0.3, 0.4) is 0 Å². The number of ether oxygens (including phenoxy) is 2. The molecule has 1 fully saturated rings. The predicted molar refractivity (Wildman–Crippen MR) is 99.2 cm³/mol. The van der Waals surface area contributed by atoms with Gasteiger partial charge in [0.25, 0.3) is 0 Å². The van der Waals surface area contributed by atoms with Crippen molar-refractivity contribution < 1.29 is 19.1 Å². The highest BCUT2D eigenvalue weighted by Crippen LogP contribution is 2.12. The summed E-state index contributed by atoms with van der Waals surface area (Å²) in [6.07, 6.45) is 0.719. The van der Waals surface area contributed by atoms with Gasteiger partial charge in [-0.15, -0.1) is 0 Å². The fourth-order valence-electron chi connectivity index (χ4n) is 2.84. The van der Waals surface area contributed by atoms with Gasteiger partial charge in [0.05, 0.1) is 26.9 Å². The van der Waals surface area contributed by atoms with Crippen LogP contribution in [0.25, 0.3) is 0 Å². The summed E-state index contributed by atoms with van der Waals surface area (Å²) < 4.78 is 10.5. The molecule has 0 aromatic heterocycles. The number of carbonyl (C=O) groups is 2. The third kappa shape index (κ3) is 7.01. The summed E-state index contributed by atoms with van der Waals surface area (Å²) in [5.74, 6) is 0.589. The minimum absolute atomic E-state index is 0.0822. The van der Waals surface area contributed by atoms with Crippen molar-refractivity contribution >= 4 is 11.8 Å². The standard InChI is InChI=1S/C19H29N3O4/c1-16(23)22(9-8-21-10-12-26-13-11-21)15-19(24)20-7-6-17-4-3-5-18(14-17)25-2/h3-5,14H,6-13,15H2,1-2H3,(H,20,24). The number of hydrogen-bond donors (Lipinski definition) is 1. The minimum atomic E-state index is -0.134. The van der Waals surface area contributed by atoms with Crippen molar-refractivity contribution in [2.45, 2.75) is 13.3 Å². The van der Waals surface area contributed by atoms with Gasteiger partial charge in [-0.2, -0.15) is 0 Å². The summed E-state index contributed by atoms with van der Waals surface area (Å²) >= 11 is 0. The maximum atomic E-state index is 12.2. The van der Waals surface area contributed by atoms with E-state index in [2.05, 4.69) is 10.2 Å². The van der Waals surface area contributed by atoms with Crippen molar-refractivity contribution in [1.82, 2.24) is 15.1 Å². The highest BCUT2D eigenvalue weighted by Gasteiger charge is 2.16. The zero-order valence-electron chi connectivity index (χ0n) is 15.7. The molecule has 0 radical (unpaired) electrons. The second-order valence-electron chi connectivity index (χ2n) is 6.35. The quantitative estimate of drug-likeness (QED) is 0.693. The van der Waals surface area contributed by atoms with Crippen LogP contribution in [0.2, 0.25) is 0 Å². The molecule has 2 amide bonds. The monoisotopic (exact) mass is 363 g/mol. The average molecular weight is 363 g/mol. The number of nitrogens with one attached hydrogen (secondary N) is 1. The third-order valence-electron chi connectivity index (χ3n) is 4.44. The molecule has 1 saturated heterocycles. The molecule has 0 bridgehead atoms. The number of morpholine rings is 1. The van der Waals surface area contributed by atoms with Gasteiger partial charge in [-0.1, -0.05) is 12.1 Å². The molecule has 1 aliphatic rings. The molecule has 26 heavy (non-hydrogen) atoms. The first-order valence-electron chi connectivity index (χ1n) is 9.03. The second kappa shape index (κ2) is 10.8. The number of methoxy groups -OCH3 is 1. The summed E-state index contributed by atoms with van der Waals surface area (Å²) in [7, 11) is 1.63. The molecule has 1 aliphatic heterocycles. The Balaban J connectivity index is 1.71. The maximum absolute atomic E-state index is 12.2. The van der Waals surface area contributed by atoms with E-state index in [0.29, 0.717) is 13.1 Å². The maximum Gasteiger partial charge on any atom is 0.239 e. The summed E-state index contributed by atoms with van der Waals surface area (Å²) in [4.78, 5) is 27.8. The van der Waals surface area contributed by atoms with E-state index >= 15 is 0 Å². The number of carbonyl (C=O) groups excluding carboxylic acids is 2. The minimum Gasteiger partial charge on any atom is -0.497 e. The molecule has 0 unspecified atom stereocenters. The van der Waals surface area contributed by atoms with Crippen LogP contribution in [0.1, 0.15) is 12.5 Å². The Labute approximate surface area is 155 Å². The van der Waals surface area contributed by atoms with Crippen molar-refractivity contribution in [3.8, 4) is 5.75 Å². The highest BCUT2D eigenvalue weighted by atomic mass is 16.5. The topological polar surface area (TPSA) is 71.1 Å². The van der Waals surface area contributed by atoms with Crippen molar-refractivity contribution in [2.75, 3.05) is 59.6 Å². The van der Waals surface area contributed by atoms with Gasteiger partial charge < -0.3 is 19.7 Å². The molecule has 1 N–H and O–H groups in total. The van der Waals surface area contributed by atoms with E-state index in [1.807, 2.05) is 24.3 Å². The van der Waals surface area contributed by atoms with Crippen molar-refractivity contribution in [2.24, 2.45) is 0 Å². The lowest BCUT2D eigenvalue weighted by Crippen LogP contribution is -2.45. The van der Waals surface area contributed by atoms with E-state index in [0.717, 1.165) is 50.6 Å². The second-order valence-corrected chi connectivity index (χ2v) is 6.35. The van der Waals surface area contributed by atoms with E-state index < -0.39 is 0 Å². The Morgan fingerprint density at radius 1 is 1.31 bits per heavy atom. The molecule has 1 aromatic carbocycles. The normalized spacial score (nSPS) is 14.7. The Hall–Kier alpha value is -2.12. The van der Waals surface area contributed by atoms with E-state index in [-0.39, 0.29) is 18.4 Å². The molecular weight excluding hydrogens is 334 g/mol. The van der Waals surface area contributed by atoms with Crippen molar-refractivity contribution in [1.29, 1.82) is 0 Å².